The molecule has 0 bridgehead atoms. The summed E-state index contributed by atoms with van der Waals surface area (Å²) in [5.41, 5.74) is 3.63. The first-order valence-electron chi connectivity index (χ1n) is 9.79. The summed E-state index contributed by atoms with van der Waals surface area (Å²) in [6.07, 6.45) is 3.85. The third kappa shape index (κ3) is 4.73. The van der Waals surface area contributed by atoms with Crippen LogP contribution in [-0.4, -0.2) is 24.0 Å². The van der Waals surface area contributed by atoms with Gasteiger partial charge in [0.15, 0.2) is 0 Å². The largest absolute Gasteiger partial charge is 0.352 e. The van der Waals surface area contributed by atoms with E-state index in [-0.39, 0.29) is 5.91 Å². The number of aryl methyl sites for hydroxylation is 1. The van der Waals surface area contributed by atoms with Crippen molar-refractivity contribution < 1.29 is 9.69 Å². The van der Waals surface area contributed by atoms with Gasteiger partial charge in [-0.25, -0.2) is 4.98 Å². The van der Waals surface area contributed by atoms with Gasteiger partial charge in [-0.2, -0.15) is 0 Å². The Balaban J connectivity index is 1.30. The second kappa shape index (κ2) is 8.63. The summed E-state index contributed by atoms with van der Waals surface area (Å²) in [6.45, 7) is 4.21. The molecule has 2 N–H and O–H groups in total. The second-order valence-electron chi connectivity index (χ2n) is 7.25. The Kier molecular flexibility index (Phi) is 5.80. The zero-order valence-electron chi connectivity index (χ0n) is 15.5. The minimum atomic E-state index is 0.0950. The molecule has 1 saturated heterocycles. The highest BCUT2D eigenvalue weighted by Crippen LogP contribution is 2.22. The first-order chi connectivity index (χ1) is 13.3. The number of para-hydroxylation sites is 1. The zero-order chi connectivity index (χ0) is 18.5. The van der Waals surface area contributed by atoms with Gasteiger partial charge >= 0.3 is 0 Å². The molecule has 0 aliphatic carbocycles. The van der Waals surface area contributed by atoms with Crippen molar-refractivity contribution in [3.8, 4) is 0 Å². The molecule has 3 aromatic rings. The van der Waals surface area contributed by atoms with Gasteiger partial charge in [-0.05, 0) is 17.7 Å². The summed E-state index contributed by atoms with van der Waals surface area (Å²) in [6, 6.07) is 16.6. The van der Waals surface area contributed by atoms with Crippen molar-refractivity contribution in [1.29, 1.82) is 0 Å². The quantitative estimate of drug-likeness (QED) is 0.662. The van der Waals surface area contributed by atoms with Crippen LogP contribution < -0.4 is 10.2 Å². The third-order valence-corrected chi connectivity index (χ3v) is 6.35. The van der Waals surface area contributed by atoms with Crippen LogP contribution in [0, 0.1) is 0 Å². The fraction of sp³-hybridized carbons (Fsp3) is 0.364. The molecule has 140 valence electrons. The molecule has 5 heteroatoms. The van der Waals surface area contributed by atoms with Gasteiger partial charge in [-0.3, -0.25) is 4.79 Å². The number of thiazole rings is 1. The summed E-state index contributed by atoms with van der Waals surface area (Å²) in [5.74, 6) is 0.0950. The average molecular weight is 381 g/mol. The highest BCUT2D eigenvalue weighted by atomic mass is 32.1. The lowest BCUT2D eigenvalue weighted by molar-refractivity contribution is -0.901. The molecule has 1 aliphatic rings. The van der Waals surface area contributed by atoms with E-state index in [4.69, 9.17) is 0 Å². The lowest BCUT2D eigenvalue weighted by Gasteiger charge is -2.15. The van der Waals surface area contributed by atoms with Crippen LogP contribution in [0.25, 0.3) is 10.2 Å². The molecule has 4 nitrogen and oxygen atoms in total. The second-order valence-corrected chi connectivity index (χ2v) is 8.37. The van der Waals surface area contributed by atoms with Gasteiger partial charge in [-0.1, -0.05) is 36.4 Å². The Morgan fingerprint density at radius 3 is 2.59 bits per heavy atom. The molecular weight excluding hydrogens is 354 g/mol. The van der Waals surface area contributed by atoms with Crippen LogP contribution >= 0.6 is 11.3 Å². The first kappa shape index (κ1) is 18.1. The molecule has 1 aliphatic heterocycles. The monoisotopic (exact) mass is 380 g/mol. The highest BCUT2D eigenvalue weighted by molar-refractivity contribution is 7.18. The number of amides is 1. The van der Waals surface area contributed by atoms with Crippen LogP contribution in [0.15, 0.2) is 48.5 Å². The van der Waals surface area contributed by atoms with Gasteiger partial charge < -0.3 is 10.2 Å². The minimum absolute atomic E-state index is 0.0950. The van der Waals surface area contributed by atoms with E-state index in [1.807, 2.05) is 18.2 Å². The van der Waals surface area contributed by atoms with E-state index < -0.39 is 0 Å². The lowest BCUT2D eigenvalue weighted by Crippen LogP contribution is -3.08. The summed E-state index contributed by atoms with van der Waals surface area (Å²) in [4.78, 5) is 18.6. The van der Waals surface area contributed by atoms with E-state index in [0.717, 1.165) is 17.1 Å². The maximum Gasteiger partial charge on any atom is 0.220 e. The standard InChI is InChI=1S/C22H25N3OS/c26-21(11-12-22-24-19-9-3-4-10-20(19)27-22)23-15-17-7-1-2-8-18(17)16-25-13-5-6-14-25/h1-4,7-10H,5-6,11-16H2,(H,23,26)/p+1. The number of carbonyl (C=O) groups is 1. The first-order valence-corrected chi connectivity index (χ1v) is 10.6. The van der Waals surface area contributed by atoms with Crippen molar-refractivity contribution in [2.45, 2.75) is 38.8 Å². The molecule has 0 unspecified atom stereocenters. The van der Waals surface area contributed by atoms with Gasteiger partial charge in [0.05, 0.1) is 28.3 Å². The molecule has 1 fully saturated rings. The minimum Gasteiger partial charge on any atom is -0.352 e. The average Bonchev–Trinajstić information content (AvgIpc) is 3.34. The Bertz CT molecular complexity index is 882. The number of nitrogens with zero attached hydrogens (tertiary/aromatic N) is 1. The van der Waals surface area contributed by atoms with E-state index in [9.17, 15) is 4.79 Å². The zero-order valence-corrected chi connectivity index (χ0v) is 16.4. The maximum absolute atomic E-state index is 12.3. The van der Waals surface area contributed by atoms with E-state index in [0.29, 0.717) is 19.4 Å². The Morgan fingerprint density at radius 2 is 1.78 bits per heavy atom. The molecule has 0 radical (unpaired) electrons. The van der Waals surface area contributed by atoms with Gasteiger partial charge in [0, 0.05) is 37.8 Å². The number of fused-ring (bicyclic) bond motifs is 1. The van der Waals surface area contributed by atoms with Crippen LogP contribution in [0.4, 0.5) is 0 Å². The van der Waals surface area contributed by atoms with E-state index >= 15 is 0 Å². The van der Waals surface area contributed by atoms with Crippen molar-refractivity contribution in [3.63, 3.8) is 0 Å². The topological polar surface area (TPSA) is 46.4 Å². The number of benzene rings is 2. The molecule has 0 spiro atoms. The molecule has 1 aromatic heterocycles. The number of aromatic nitrogens is 1. The number of hydrogen-bond donors (Lipinski definition) is 2. The molecule has 0 saturated carbocycles. The SMILES string of the molecule is O=C(CCc1nc2ccccc2s1)NCc1ccccc1C[NH+]1CCCC1. The van der Waals surface area contributed by atoms with Crippen molar-refractivity contribution in [2.75, 3.05) is 13.1 Å². The van der Waals surface area contributed by atoms with E-state index in [2.05, 4.69) is 40.6 Å². The number of carbonyl (C=O) groups excluding carboxylic acids is 1. The molecular formula is C22H26N3OS+. The Labute approximate surface area is 164 Å². The molecule has 2 heterocycles. The van der Waals surface area contributed by atoms with Gasteiger partial charge in [-0.15, -0.1) is 11.3 Å². The fourth-order valence-electron chi connectivity index (χ4n) is 3.75. The summed E-state index contributed by atoms with van der Waals surface area (Å²) < 4.78 is 1.19. The predicted octanol–water partition coefficient (Wildman–Crippen LogP) is 2.72. The molecule has 0 atom stereocenters. The van der Waals surface area contributed by atoms with Crippen LogP contribution in [0.3, 0.4) is 0 Å². The Morgan fingerprint density at radius 1 is 1.04 bits per heavy atom. The Hall–Kier alpha value is -2.24. The van der Waals surface area contributed by atoms with Crippen molar-refractivity contribution in [2.24, 2.45) is 0 Å². The summed E-state index contributed by atoms with van der Waals surface area (Å²) in [7, 11) is 0. The van der Waals surface area contributed by atoms with Gasteiger partial charge in [0.2, 0.25) is 5.91 Å². The smallest absolute Gasteiger partial charge is 0.220 e. The van der Waals surface area contributed by atoms with Gasteiger partial charge in [0.1, 0.15) is 6.54 Å². The molecule has 1 amide bonds. The summed E-state index contributed by atoms with van der Waals surface area (Å²) >= 11 is 1.68. The number of likely N-dealkylation sites (tertiary alicyclic amines) is 1. The molecule has 27 heavy (non-hydrogen) atoms. The predicted molar refractivity (Wildman–Crippen MR) is 110 cm³/mol. The van der Waals surface area contributed by atoms with Crippen LogP contribution in [0.5, 0.6) is 0 Å². The highest BCUT2D eigenvalue weighted by Gasteiger charge is 2.17. The maximum atomic E-state index is 12.3. The van der Waals surface area contributed by atoms with Crippen LogP contribution in [0.2, 0.25) is 0 Å². The summed E-state index contributed by atoms with van der Waals surface area (Å²) in [5, 5.41) is 4.13. The number of rotatable bonds is 7. The van der Waals surface area contributed by atoms with Crippen molar-refractivity contribution >= 4 is 27.5 Å². The van der Waals surface area contributed by atoms with Crippen molar-refractivity contribution in [1.82, 2.24) is 10.3 Å². The number of hydrogen-bond acceptors (Lipinski definition) is 3. The third-order valence-electron chi connectivity index (χ3n) is 5.25. The van der Waals surface area contributed by atoms with Crippen molar-refractivity contribution in [3.05, 3.63) is 64.7 Å². The molecule has 4 rings (SSSR count). The van der Waals surface area contributed by atoms with Gasteiger partial charge in [0.25, 0.3) is 0 Å². The van der Waals surface area contributed by atoms with Crippen LogP contribution in [-0.2, 0) is 24.3 Å². The fourth-order valence-corrected chi connectivity index (χ4v) is 4.72. The normalized spacial score (nSPS) is 14.7. The molecule has 2 aromatic carbocycles. The van der Waals surface area contributed by atoms with E-state index in [1.165, 1.54) is 41.8 Å². The number of nitrogens with one attached hydrogen (secondary N) is 2. The number of quaternary nitrogens is 1. The lowest BCUT2D eigenvalue weighted by atomic mass is 10.1. The van der Waals surface area contributed by atoms with E-state index in [1.54, 1.807) is 16.2 Å². The van der Waals surface area contributed by atoms with Crippen LogP contribution in [0.1, 0.15) is 35.4 Å².